The fourth-order valence-corrected chi connectivity index (χ4v) is 3.04. The normalized spacial score (nSPS) is 22.6. The largest absolute Gasteiger partial charge is 0.391 e. The second kappa shape index (κ2) is 5.92. The lowest BCUT2D eigenvalue weighted by molar-refractivity contribution is 0.0749. The van der Waals surface area contributed by atoms with Crippen molar-refractivity contribution < 1.29 is 14.4 Å². The molecule has 0 unspecified atom stereocenters. The first-order valence-electron chi connectivity index (χ1n) is 7.45. The summed E-state index contributed by atoms with van der Waals surface area (Å²) in [5.41, 5.74) is 1.15. The summed E-state index contributed by atoms with van der Waals surface area (Å²) in [6.07, 6.45) is 5.99. The smallest absolute Gasteiger partial charge is 0.259 e. The van der Waals surface area contributed by atoms with Gasteiger partial charge in [-0.1, -0.05) is 5.16 Å². The lowest BCUT2D eigenvalue weighted by atomic mass is 10.1. The molecule has 7 heteroatoms. The van der Waals surface area contributed by atoms with Crippen LogP contribution in [0.4, 0.5) is 0 Å². The Labute approximate surface area is 128 Å². The van der Waals surface area contributed by atoms with E-state index in [1.807, 2.05) is 10.8 Å². The number of amides is 1. The molecule has 0 bridgehead atoms. The summed E-state index contributed by atoms with van der Waals surface area (Å²) >= 11 is 0. The molecule has 2 atom stereocenters. The summed E-state index contributed by atoms with van der Waals surface area (Å²) in [5, 5.41) is 14.2. The number of rotatable bonds is 2. The van der Waals surface area contributed by atoms with Crippen molar-refractivity contribution in [2.75, 3.05) is 13.1 Å². The molecule has 0 aliphatic carbocycles. The fraction of sp³-hybridized carbons (Fsp3) is 0.533. The quantitative estimate of drug-likeness (QED) is 0.904. The Hall–Kier alpha value is -2.15. The van der Waals surface area contributed by atoms with E-state index < -0.39 is 6.10 Å². The minimum atomic E-state index is -0.489. The van der Waals surface area contributed by atoms with Crippen molar-refractivity contribution in [2.45, 2.75) is 38.8 Å². The maximum atomic E-state index is 12.7. The molecule has 22 heavy (non-hydrogen) atoms. The third kappa shape index (κ3) is 2.64. The highest BCUT2D eigenvalue weighted by Gasteiger charge is 2.30. The number of imidazole rings is 1. The molecule has 1 saturated heterocycles. The Morgan fingerprint density at radius 2 is 2.14 bits per heavy atom. The average Bonchev–Trinajstić information content (AvgIpc) is 3.08. The van der Waals surface area contributed by atoms with E-state index in [0.29, 0.717) is 42.9 Å². The zero-order valence-corrected chi connectivity index (χ0v) is 12.8. The van der Waals surface area contributed by atoms with Gasteiger partial charge in [0.2, 0.25) is 0 Å². The topological polar surface area (TPSA) is 84.4 Å². The van der Waals surface area contributed by atoms with Gasteiger partial charge in [-0.15, -0.1) is 0 Å². The van der Waals surface area contributed by atoms with E-state index >= 15 is 0 Å². The van der Waals surface area contributed by atoms with Gasteiger partial charge in [0.25, 0.3) is 5.91 Å². The zero-order chi connectivity index (χ0) is 15.7. The Bertz CT molecular complexity index is 630. The molecule has 118 valence electrons. The van der Waals surface area contributed by atoms with Gasteiger partial charge in [0.15, 0.2) is 0 Å². The summed E-state index contributed by atoms with van der Waals surface area (Å²) in [4.78, 5) is 18.5. The van der Waals surface area contributed by atoms with Gasteiger partial charge in [-0.2, -0.15) is 0 Å². The molecule has 7 nitrogen and oxygen atoms in total. The number of aliphatic hydroxyl groups is 1. The average molecular weight is 304 g/mol. The second-order valence-electron chi connectivity index (χ2n) is 5.71. The first-order chi connectivity index (χ1) is 10.6. The summed E-state index contributed by atoms with van der Waals surface area (Å²) < 4.78 is 6.99. The van der Waals surface area contributed by atoms with Crippen LogP contribution in [0.15, 0.2) is 23.2 Å². The molecule has 0 radical (unpaired) electrons. The number of aryl methyl sites for hydroxylation is 2. The molecule has 0 aromatic carbocycles. The zero-order valence-electron chi connectivity index (χ0n) is 12.8. The van der Waals surface area contributed by atoms with Gasteiger partial charge >= 0.3 is 0 Å². The molecular weight excluding hydrogens is 284 g/mol. The van der Waals surface area contributed by atoms with E-state index in [4.69, 9.17) is 4.52 Å². The van der Waals surface area contributed by atoms with Gasteiger partial charge in [-0.05, 0) is 26.7 Å². The number of nitrogens with zero attached hydrogens (tertiary/aromatic N) is 4. The van der Waals surface area contributed by atoms with Gasteiger partial charge < -0.3 is 19.1 Å². The van der Waals surface area contributed by atoms with Crippen molar-refractivity contribution in [3.63, 3.8) is 0 Å². The van der Waals surface area contributed by atoms with Crippen LogP contribution >= 0.6 is 0 Å². The van der Waals surface area contributed by atoms with Crippen LogP contribution in [0.2, 0.25) is 0 Å². The summed E-state index contributed by atoms with van der Waals surface area (Å²) in [7, 11) is 0. The minimum absolute atomic E-state index is 0.0510. The number of hydrogen-bond acceptors (Lipinski definition) is 5. The molecule has 0 saturated carbocycles. The highest BCUT2D eigenvalue weighted by molar-refractivity contribution is 5.96. The third-order valence-electron chi connectivity index (χ3n) is 4.28. The third-order valence-corrected chi connectivity index (χ3v) is 4.28. The van der Waals surface area contributed by atoms with Gasteiger partial charge in [-0.3, -0.25) is 4.79 Å². The van der Waals surface area contributed by atoms with E-state index in [0.717, 1.165) is 0 Å². The maximum absolute atomic E-state index is 12.7. The van der Waals surface area contributed by atoms with E-state index in [1.165, 1.54) is 0 Å². The number of carbonyl (C=O) groups excluding carboxylic acids is 1. The number of aliphatic hydroxyl groups excluding tert-OH is 1. The molecular formula is C15H20N4O3. The van der Waals surface area contributed by atoms with Crippen LogP contribution in [0, 0.1) is 13.8 Å². The highest BCUT2D eigenvalue weighted by Crippen LogP contribution is 2.25. The van der Waals surface area contributed by atoms with E-state index in [2.05, 4.69) is 10.1 Å². The van der Waals surface area contributed by atoms with Crippen molar-refractivity contribution in [3.05, 3.63) is 35.7 Å². The number of likely N-dealkylation sites (tertiary alicyclic amines) is 1. The molecule has 1 amide bonds. The van der Waals surface area contributed by atoms with Gasteiger partial charge in [0, 0.05) is 25.5 Å². The number of hydrogen-bond donors (Lipinski definition) is 1. The van der Waals surface area contributed by atoms with Crippen LogP contribution in [0.5, 0.6) is 0 Å². The number of carbonyl (C=O) groups is 1. The van der Waals surface area contributed by atoms with Crippen LogP contribution in [0.1, 0.15) is 40.7 Å². The van der Waals surface area contributed by atoms with Crippen LogP contribution in [-0.2, 0) is 0 Å². The number of aromatic nitrogens is 3. The molecule has 2 aromatic heterocycles. The SMILES string of the molecule is Cc1noc(C)c1C(=O)N1CC[C@H](O)[C@@H](n2ccnc2)CC1. The molecule has 1 N–H and O–H groups in total. The van der Waals surface area contributed by atoms with Gasteiger partial charge in [0.05, 0.1) is 24.2 Å². The van der Waals surface area contributed by atoms with Crippen LogP contribution in [0.25, 0.3) is 0 Å². The Balaban J connectivity index is 1.76. The molecule has 3 rings (SSSR count). The molecule has 3 heterocycles. The highest BCUT2D eigenvalue weighted by atomic mass is 16.5. The van der Waals surface area contributed by atoms with Crippen molar-refractivity contribution >= 4 is 5.91 Å². The predicted octanol–water partition coefficient (Wildman–Crippen LogP) is 1.33. The lowest BCUT2D eigenvalue weighted by Gasteiger charge is -2.21. The summed E-state index contributed by atoms with van der Waals surface area (Å²) in [6, 6.07) is -0.0510. The molecule has 1 aliphatic heterocycles. The van der Waals surface area contributed by atoms with Gasteiger partial charge in [-0.25, -0.2) is 4.98 Å². The molecule has 1 fully saturated rings. The Morgan fingerprint density at radius 3 is 2.77 bits per heavy atom. The predicted molar refractivity (Wildman–Crippen MR) is 78.4 cm³/mol. The van der Waals surface area contributed by atoms with Crippen molar-refractivity contribution in [1.29, 1.82) is 0 Å². The fourth-order valence-electron chi connectivity index (χ4n) is 3.04. The van der Waals surface area contributed by atoms with Crippen LogP contribution in [-0.4, -0.2) is 49.8 Å². The van der Waals surface area contributed by atoms with Crippen molar-refractivity contribution in [1.82, 2.24) is 19.6 Å². The van der Waals surface area contributed by atoms with Crippen molar-refractivity contribution in [3.8, 4) is 0 Å². The first kappa shape index (κ1) is 14.8. The van der Waals surface area contributed by atoms with E-state index in [9.17, 15) is 9.90 Å². The summed E-state index contributed by atoms with van der Waals surface area (Å²) in [5.74, 6) is 0.466. The minimum Gasteiger partial charge on any atom is -0.391 e. The van der Waals surface area contributed by atoms with Crippen LogP contribution in [0.3, 0.4) is 0 Å². The monoisotopic (exact) mass is 304 g/mol. The standard InChI is InChI=1S/C15H20N4O3/c1-10-14(11(2)22-17-10)15(21)18-6-3-12(13(20)4-7-18)19-8-5-16-9-19/h5,8-9,12-13,20H,3-4,6-7H2,1-2H3/t12-,13-/m0/s1. The van der Waals surface area contributed by atoms with E-state index in [1.54, 1.807) is 31.3 Å². The maximum Gasteiger partial charge on any atom is 0.259 e. The Kier molecular flexibility index (Phi) is 3.98. The summed E-state index contributed by atoms with van der Waals surface area (Å²) in [6.45, 7) is 4.62. The van der Waals surface area contributed by atoms with Crippen molar-refractivity contribution in [2.24, 2.45) is 0 Å². The Morgan fingerprint density at radius 1 is 1.36 bits per heavy atom. The van der Waals surface area contributed by atoms with Crippen LogP contribution < -0.4 is 0 Å². The van der Waals surface area contributed by atoms with Gasteiger partial charge in [0.1, 0.15) is 11.3 Å². The first-order valence-corrected chi connectivity index (χ1v) is 7.45. The van der Waals surface area contributed by atoms with E-state index in [-0.39, 0.29) is 11.9 Å². The molecule has 0 spiro atoms. The molecule has 1 aliphatic rings. The second-order valence-corrected chi connectivity index (χ2v) is 5.71. The lowest BCUT2D eigenvalue weighted by Crippen LogP contribution is -2.32. The molecule has 2 aromatic rings.